The Morgan fingerprint density at radius 2 is 2.08 bits per heavy atom. The van der Waals surface area contributed by atoms with Crippen LogP contribution >= 0.6 is 0 Å². The molecule has 1 N–H and O–H groups in total. The topological polar surface area (TPSA) is 99.0 Å². The Labute approximate surface area is 138 Å². The van der Waals surface area contributed by atoms with Gasteiger partial charge in [-0.15, -0.1) is 5.10 Å². The first kappa shape index (κ1) is 15.9. The van der Waals surface area contributed by atoms with Gasteiger partial charge in [-0.2, -0.15) is 4.68 Å². The fourth-order valence-corrected chi connectivity index (χ4v) is 2.07. The average Bonchev–Trinajstić information content (AvgIpc) is 3.30. The number of ether oxygens (including phenoxy) is 1. The number of carbonyl (C=O) groups excluding carboxylic acids is 2. The van der Waals surface area contributed by atoms with Crippen molar-refractivity contribution < 1.29 is 14.3 Å². The van der Waals surface area contributed by atoms with Gasteiger partial charge in [0.05, 0.1) is 0 Å². The summed E-state index contributed by atoms with van der Waals surface area (Å²) in [5.74, 6) is -0.532. The van der Waals surface area contributed by atoms with Crippen molar-refractivity contribution >= 4 is 23.6 Å². The molecule has 0 unspecified atom stereocenters. The highest BCUT2D eigenvalue weighted by Crippen LogP contribution is 2.18. The van der Waals surface area contributed by atoms with Crippen LogP contribution in [-0.4, -0.2) is 44.7 Å². The third-order valence-electron chi connectivity index (χ3n) is 3.44. The number of hydrogen-bond donors (Lipinski definition) is 1. The second kappa shape index (κ2) is 7.03. The van der Waals surface area contributed by atoms with Crippen LogP contribution in [0.1, 0.15) is 24.2 Å². The summed E-state index contributed by atoms with van der Waals surface area (Å²) in [7, 11) is 0. The van der Waals surface area contributed by atoms with E-state index in [9.17, 15) is 9.59 Å². The van der Waals surface area contributed by atoms with Gasteiger partial charge in [0.25, 0.3) is 5.91 Å². The van der Waals surface area contributed by atoms with E-state index in [0.29, 0.717) is 5.82 Å². The molecular formula is C16H17N5O3. The van der Waals surface area contributed by atoms with Gasteiger partial charge >= 0.3 is 5.97 Å². The number of aryl methyl sites for hydroxylation is 1. The van der Waals surface area contributed by atoms with Crippen LogP contribution in [0.3, 0.4) is 0 Å². The van der Waals surface area contributed by atoms with Gasteiger partial charge in [0.1, 0.15) is 0 Å². The summed E-state index contributed by atoms with van der Waals surface area (Å²) >= 11 is 0. The van der Waals surface area contributed by atoms with Crippen molar-refractivity contribution in [2.24, 2.45) is 0 Å². The molecule has 3 rings (SSSR count). The zero-order valence-electron chi connectivity index (χ0n) is 13.2. The Kier molecular flexibility index (Phi) is 4.64. The van der Waals surface area contributed by atoms with Crippen molar-refractivity contribution in [1.29, 1.82) is 0 Å². The molecule has 124 valence electrons. The first-order valence-electron chi connectivity index (χ1n) is 7.62. The van der Waals surface area contributed by atoms with Crippen molar-refractivity contribution in [3.8, 4) is 0 Å². The molecule has 1 aliphatic rings. The molecular weight excluding hydrogens is 310 g/mol. The summed E-state index contributed by atoms with van der Waals surface area (Å²) < 4.78 is 6.40. The van der Waals surface area contributed by atoms with E-state index < -0.39 is 5.97 Å². The van der Waals surface area contributed by atoms with E-state index in [2.05, 4.69) is 20.8 Å². The van der Waals surface area contributed by atoms with E-state index >= 15 is 0 Å². The van der Waals surface area contributed by atoms with Gasteiger partial charge in [-0.1, -0.05) is 30.3 Å². The quantitative estimate of drug-likeness (QED) is 0.622. The minimum absolute atomic E-state index is 0.142. The van der Waals surface area contributed by atoms with E-state index in [1.807, 2.05) is 30.3 Å². The number of esters is 1. The molecule has 0 aliphatic heterocycles. The minimum Gasteiger partial charge on any atom is -0.451 e. The van der Waals surface area contributed by atoms with Crippen LogP contribution < -0.4 is 5.32 Å². The SMILES string of the molecule is Cc1nnnn1/C(=C\c1ccccc1)C(=O)OCC(=O)NC1CC1. The predicted molar refractivity (Wildman–Crippen MR) is 85.3 cm³/mol. The molecule has 2 aromatic rings. The second-order valence-corrected chi connectivity index (χ2v) is 5.50. The molecule has 1 fully saturated rings. The Hall–Kier alpha value is -3.03. The van der Waals surface area contributed by atoms with Gasteiger partial charge in [-0.05, 0) is 41.8 Å². The molecule has 8 nitrogen and oxygen atoms in total. The lowest BCUT2D eigenvalue weighted by molar-refractivity contribution is -0.143. The number of rotatable bonds is 6. The Morgan fingerprint density at radius 3 is 2.71 bits per heavy atom. The minimum atomic E-state index is -0.666. The number of amides is 1. The van der Waals surface area contributed by atoms with Crippen molar-refractivity contribution in [3.63, 3.8) is 0 Å². The molecule has 1 aromatic heterocycles. The lowest BCUT2D eigenvalue weighted by atomic mass is 10.2. The van der Waals surface area contributed by atoms with Crippen molar-refractivity contribution in [3.05, 3.63) is 41.7 Å². The Bertz CT molecular complexity index is 765. The van der Waals surface area contributed by atoms with Crippen LogP contribution in [0.15, 0.2) is 30.3 Å². The Morgan fingerprint density at radius 1 is 1.33 bits per heavy atom. The van der Waals surface area contributed by atoms with Crippen molar-refractivity contribution in [2.75, 3.05) is 6.61 Å². The number of aromatic nitrogens is 4. The highest BCUT2D eigenvalue weighted by molar-refractivity contribution is 6.15. The second-order valence-electron chi connectivity index (χ2n) is 5.50. The van der Waals surface area contributed by atoms with E-state index in [0.717, 1.165) is 18.4 Å². The van der Waals surface area contributed by atoms with Crippen LogP contribution in [0.5, 0.6) is 0 Å². The van der Waals surface area contributed by atoms with Gasteiger partial charge in [-0.3, -0.25) is 4.79 Å². The summed E-state index contributed by atoms with van der Waals surface area (Å²) in [4.78, 5) is 24.1. The third kappa shape index (κ3) is 4.03. The number of hydrogen-bond acceptors (Lipinski definition) is 6. The lowest BCUT2D eigenvalue weighted by Crippen LogP contribution is -2.31. The normalized spacial score (nSPS) is 14.3. The van der Waals surface area contributed by atoms with Crippen LogP contribution in [0.2, 0.25) is 0 Å². The van der Waals surface area contributed by atoms with Crippen LogP contribution in [-0.2, 0) is 14.3 Å². The summed E-state index contributed by atoms with van der Waals surface area (Å²) in [5.41, 5.74) is 0.935. The zero-order chi connectivity index (χ0) is 16.9. The molecule has 8 heteroatoms. The molecule has 1 amide bonds. The first-order valence-corrected chi connectivity index (χ1v) is 7.62. The Balaban J connectivity index is 1.76. The van der Waals surface area contributed by atoms with Crippen LogP contribution in [0, 0.1) is 6.92 Å². The van der Waals surface area contributed by atoms with Crippen LogP contribution in [0.4, 0.5) is 0 Å². The maximum Gasteiger partial charge on any atom is 0.357 e. The lowest BCUT2D eigenvalue weighted by Gasteiger charge is -2.09. The van der Waals surface area contributed by atoms with Gasteiger partial charge in [0.15, 0.2) is 18.1 Å². The number of benzene rings is 1. The maximum atomic E-state index is 12.4. The molecule has 0 saturated heterocycles. The zero-order valence-corrected chi connectivity index (χ0v) is 13.2. The van der Waals surface area contributed by atoms with Gasteiger partial charge in [0.2, 0.25) is 0 Å². The van der Waals surface area contributed by atoms with E-state index in [-0.39, 0.29) is 24.3 Å². The van der Waals surface area contributed by atoms with Crippen molar-refractivity contribution in [2.45, 2.75) is 25.8 Å². The molecule has 24 heavy (non-hydrogen) atoms. The molecule has 0 spiro atoms. The van der Waals surface area contributed by atoms with Gasteiger partial charge < -0.3 is 10.1 Å². The highest BCUT2D eigenvalue weighted by atomic mass is 16.5. The standard InChI is InChI=1S/C16H17N5O3/c1-11-18-19-20-21(11)14(9-12-5-3-2-4-6-12)16(23)24-10-15(22)17-13-7-8-13/h2-6,9,13H,7-8,10H2,1H3,(H,17,22)/b14-9-. The molecule has 0 radical (unpaired) electrons. The van der Waals surface area contributed by atoms with Crippen molar-refractivity contribution in [1.82, 2.24) is 25.5 Å². The van der Waals surface area contributed by atoms with E-state index in [1.54, 1.807) is 13.0 Å². The molecule has 1 heterocycles. The molecule has 1 aliphatic carbocycles. The number of nitrogens with zero attached hydrogens (tertiary/aromatic N) is 4. The average molecular weight is 327 g/mol. The molecule has 1 saturated carbocycles. The van der Waals surface area contributed by atoms with Gasteiger partial charge in [-0.25, -0.2) is 4.79 Å². The smallest absolute Gasteiger partial charge is 0.357 e. The number of nitrogens with one attached hydrogen (secondary N) is 1. The summed E-state index contributed by atoms with van der Waals surface area (Å²) in [5, 5.41) is 13.9. The molecule has 0 bridgehead atoms. The highest BCUT2D eigenvalue weighted by Gasteiger charge is 2.24. The predicted octanol–water partition coefficient (Wildman–Crippen LogP) is 0.801. The van der Waals surface area contributed by atoms with E-state index in [1.165, 1.54) is 4.68 Å². The summed E-state index contributed by atoms with van der Waals surface area (Å²) in [6.45, 7) is 1.34. The summed E-state index contributed by atoms with van der Waals surface area (Å²) in [6, 6.07) is 9.48. The van der Waals surface area contributed by atoms with Gasteiger partial charge in [0, 0.05) is 6.04 Å². The molecule has 0 atom stereocenters. The summed E-state index contributed by atoms with van der Waals surface area (Å²) in [6.07, 6.45) is 3.57. The molecule has 1 aromatic carbocycles. The number of carbonyl (C=O) groups is 2. The number of tetrazole rings is 1. The fourth-order valence-electron chi connectivity index (χ4n) is 2.07. The van der Waals surface area contributed by atoms with Crippen LogP contribution in [0.25, 0.3) is 11.8 Å². The first-order chi connectivity index (χ1) is 11.6. The third-order valence-corrected chi connectivity index (χ3v) is 3.44. The maximum absolute atomic E-state index is 12.4. The fraction of sp³-hybridized carbons (Fsp3) is 0.312. The largest absolute Gasteiger partial charge is 0.451 e. The van der Waals surface area contributed by atoms with E-state index in [4.69, 9.17) is 4.74 Å². The monoisotopic (exact) mass is 327 g/mol.